The van der Waals surface area contributed by atoms with E-state index in [1.54, 1.807) is 24.3 Å². The van der Waals surface area contributed by atoms with Crippen molar-refractivity contribution in [3.63, 3.8) is 0 Å². The summed E-state index contributed by atoms with van der Waals surface area (Å²) in [4.78, 5) is 11.8. The Morgan fingerprint density at radius 3 is 2.30 bits per heavy atom. The highest BCUT2D eigenvalue weighted by Gasteiger charge is 2.06. The summed E-state index contributed by atoms with van der Waals surface area (Å²) in [6.45, 7) is 0.248. The fourth-order valence-electron chi connectivity index (χ4n) is 1.73. The van der Waals surface area contributed by atoms with Crippen molar-refractivity contribution in [2.24, 2.45) is 0 Å². The van der Waals surface area contributed by atoms with Crippen LogP contribution in [0, 0.1) is 5.82 Å². The van der Waals surface area contributed by atoms with Crippen LogP contribution in [0.25, 0.3) is 0 Å². The zero-order chi connectivity index (χ0) is 14.4. The average molecular weight is 274 g/mol. The lowest BCUT2D eigenvalue weighted by Gasteiger charge is -2.06. The molecule has 4 heteroatoms. The van der Waals surface area contributed by atoms with E-state index in [-0.39, 0.29) is 31.2 Å². The van der Waals surface area contributed by atoms with Gasteiger partial charge in [0.25, 0.3) is 0 Å². The van der Waals surface area contributed by atoms with Gasteiger partial charge in [0.05, 0.1) is 13.2 Å². The van der Waals surface area contributed by atoms with E-state index >= 15 is 0 Å². The Morgan fingerprint density at radius 1 is 1.05 bits per heavy atom. The lowest BCUT2D eigenvalue weighted by atomic mass is 10.1. The molecule has 0 aliphatic heterocycles. The van der Waals surface area contributed by atoms with Gasteiger partial charge >= 0.3 is 0 Å². The molecule has 0 fully saturated rings. The lowest BCUT2D eigenvalue weighted by molar-refractivity contribution is 0.0962. The van der Waals surface area contributed by atoms with Gasteiger partial charge in [0, 0.05) is 12.0 Å². The lowest BCUT2D eigenvalue weighted by Crippen LogP contribution is -2.06. The molecule has 20 heavy (non-hydrogen) atoms. The summed E-state index contributed by atoms with van der Waals surface area (Å²) in [5.41, 5.74) is 1.28. The maximum Gasteiger partial charge on any atom is 0.166 e. The average Bonchev–Trinajstić information content (AvgIpc) is 2.48. The number of benzene rings is 2. The van der Waals surface area contributed by atoms with E-state index in [1.165, 1.54) is 24.3 Å². The number of ketones is 1. The third-order valence-corrected chi connectivity index (χ3v) is 2.87. The maximum atomic E-state index is 12.7. The summed E-state index contributed by atoms with van der Waals surface area (Å²) in [5.74, 6) is 0.202. The Hall–Kier alpha value is -2.20. The molecule has 0 saturated heterocycles. The van der Waals surface area contributed by atoms with Crippen LogP contribution in [0.15, 0.2) is 48.5 Å². The minimum absolute atomic E-state index is 0.0106. The highest BCUT2D eigenvalue weighted by atomic mass is 19.1. The first-order valence-electron chi connectivity index (χ1n) is 6.30. The van der Waals surface area contributed by atoms with Crippen molar-refractivity contribution in [1.29, 1.82) is 0 Å². The maximum absolute atomic E-state index is 12.7. The molecule has 2 aromatic rings. The van der Waals surface area contributed by atoms with Gasteiger partial charge < -0.3 is 9.84 Å². The van der Waals surface area contributed by atoms with Crippen LogP contribution >= 0.6 is 0 Å². The molecular weight excluding hydrogens is 259 g/mol. The van der Waals surface area contributed by atoms with E-state index in [2.05, 4.69) is 0 Å². The standard InChI is InChI=1S/C16H15FO3/c17-14-5-3-13(4-6-14)16(19)9-10-20-15-7-1-12(11-18)2-8-15/h1-8,18H,9-11H2. The fourth-order valence-corrected chi connectivity index (χ4v) is 1.73. The van der Waals surface area contributed by atoms with E-state index in [1.807, 2.05) is 0 Å². The molecular formula is C16H15FO3. The predicted molar refractivity (Wildman–Crippen MR) is 73.2 cm³/mol. The number of carbonyl (C=O) groups excluding carboxylic acids is 1. The van der Waals surface area contributed by atoms with Crippen molar-refractivity contribution in [3.8, 4) is 5.75 Å². The van der Waals surface area contributed by atoms with Crippen LogP contribution in [0.5, 0.6) is 5.75 Å². The van der Waals surface area contributed by atoms with Crippen LogP contribution in [-0.2, 0) is 6.61 Å². The molecule has 0 heterocycles. The molecule has 0 amide bonds. The van der Waals surface area contributed by atoms with Gasteiger partial charge in [-0.25, -0.2) is 4.39 Å². The van der Waals surface area contributed by atoms with Crippen LogP contribution in [0.3, 0.4) is 0 Å². The number of aliphatic hydroxyl groups is 1. The SMILES string of the molecule is O=C(CCOc1ccc(CO)cc1)c1ccc(F)cc1. The van der Waals surface area contributed by atoms with E-state index in [0.717, 1.165) is 5.56 Å². The van der Waals surface area contributed by atoms with Crippen molar-refractivity contribution in [1.82, 2.24) is 0 Å². The summed E-state index contributed by atoms with van der Waals surface area (Å²) < 4.78 is 18.2. The molecule has 0 bridgehead atoms. The van der Waals surface area contributed by atoms with Crippen LogP contribution in [0.2, 0.25) is 0 Å². The normalized spacial score (nSPS) is 10.3. The van der Waals surface area contributed by atoms with Crippen molar-refractivity contribution in [2.45, 2.75) is 13.0 Å². The van der Waals surface area contributed by atoms with Crippen molar-refractivity contribution in [2.75, 3.05) is 6.61 Å². The van der Waals surface area contributed by atoms with Gasteiger partial charge in [0.2, 0.25) is 0 Å². The Balaban J connectivity index is 1.82. The monoisotopic (exact) mass is 274 g/mol. The van der Waals surface area contributed by atoms with Crippen LogP contribution in [0.4, 0.5) is 4.39 Å². The van der Waals surface area contributed by atoms with Gasteiger partial charge in [-0.1, -0.05) is 12.1 Å². The zero-order valence-corrected chi connectivity index (χ0v) is 10.9. The Labute approximate surface area is 116 Å². The van der Waals surface area contributed by atoms with Gasteiger partial charge in [0.15, 0.2) is 5.78 Å². The second kappa shape index (κ2) is 6.82. The summed E-state index contributed by atoms with van der Waals surface area (Å²) in [6.07, 6.45) is 0.230. The molecule has 2 rings (SSSR count). The summed E-state index contributed by atoms with van der Waals surface area (Å²) in [6, 6.07) is 12.5. The minimum Gasteiger partial charge on any atom is -0.493 e. The Kier molecular flexibility index (Phi) is 4.85. The minimum atomic E-state index is -0.359. The van der Waals surface area contributed by atoms with Gasteiger partial charge in [-0.3, -0.25) is 4.79 Å². The van der Waals surface area contributed by atoms with E-state index in [9.17, 15) is 9.18 Å². The zero-order valence-electron chi connectivity index (χ0n) is 10.9. The summed E-state index contributed by atoms with van der Waals surface area (Å²) in [5, 5.41) is 8.91. The second-order valence-electron chi connectivity index (χ2n) is 4.33. The van der Waals surface area contributed by atoms with E-state index in [0.29, 0.717) is 11.3 Å². The number of hydrogen-bond acceptors (Lipinski definition) is 3. The molecule has 0 spiro atoms. The molecule has 0 radical (unpaired) electrons. The van der Waals surface area contributed by atoms with Gasteiger partial charge in [-0.15, -0.1) is 0 Å². The molecule has 0 aliphatic rings. The number of hydrogen-bond donors (Lipinski definition) is 1. The molecule has 0 unspecified atom stereocenters. The van der Waals surface area contributed by atoms with E-state index < -0.39 is 0 Å². The predicted octanol–water partition coefficient (Wildman–Crippen LogP) is 2.97. The highest BCUT2D eigenvalue weighted by molar-refractivity contribution is 5.96. The molecule has 2 aromatic carbocycles. The molecule has 3 nitrogen and oxygen atoms in total. The largest absolute Gasteiger partial charge is 0.493 e. The molecule has 0 saturated carbocycles. The number of ether oxygens (including phenoxy) is 1. The number of Topliss-reactive ketones (excluding diaryl/α,β-unsaturated/α-hetero) is 1. The smallest absolute Gasteiger partial charge is 0.166 e. The second-order valence-corrected chi connectivity index (χ2v) is 4.33. The fraction of sp³-hybridized carbons (Fsp3) is 0.188. The number of carbonyl (C=O) groups is 1. The molecule has 0 aliphatic carbocycles. The number of rotatable bonds is 6. The summed E-state index contributed by atoms with van der Waals surface area (Å²) in [7, 11) is 0. The van der Waals surface area contributed by atoms with Crippen molar-refractivity contribution < 1.29 is 19.0 Å². The van der Waals surface area contributed by atoms with Gasteiger partial charge in [-0.05, 0) is 42.0 Å². The number of aliphatic hydroxyl groups excluding tert-OH is 1. The Morgan fingerprint density at radius 2 is 1.70 bits per heavy atom. The first-order valence-corrected chi connectivity index (χ1v) is 6.30. The molecule has 0 aromatic heterocycles. The molecule has 0 atom stereocenters. The van der Waals surface area contributed by atoms with E-state index in [4.69, 9.17) is 9.84 Å². The first-order chi connectivity index (χ1) is 9.69. The van der Waals surface area contributed by atoms with Crippen LogP contribution < -0.4 is 4.74 Å². The first kappa shape index (κ1) is 14.2. The van der Waals surface area contributed by atoms with Crippen molar-refractivity contribution >= 4 is 5.78 Å². The van der Waals surface area contributed by atoms with Crippen LogP contribution in [-0.4, -0.2) is 17.5 Å². The molecule has 1 N–H and O–H groups in total. The highest BCUT2D eigenvalue weighted by Crippen LogP contribution is 2.13. The van der Waals surface area contributed by atoms with Gasteiger partial charge in [0.1, 0.15) is 11.6 Å². The third-order valence-electron chi connectivity index (χ3n) is 2.87. The molecule has 104 valence electrons. The van der Waals surface area contributed by atoms with Crippen LogP contribution in [0.1, 0.15) is 22.3 Å². The quantitative estimate of drug-likeness (QED) is 0.824. The summed E-state index contributed by atoms with van der Waals surface area (Å²) >= 11 is 0. The third kappa shape index (κ3) is 3.90. The Bertz CT molecular complexity index is 561. The van der Waals surface area contributed by atoms with Gasteiger partial charge in [-0.2, -0.15) is 0 Å². The number of halogens is 1. The topological polar surface area (TPSA) is 46.5 Å². The van der Waals surface area contributed by atoms with Crippen molar-refractivity contribution in [3.05, 3.63) is 65.5 Å².